The van der Waals surface area contributed by atoms with Crippen LogP contribution in [0.4, 0.5) is 0 Å². The number of methoxy groups -OCH3 is 1. The molecule has 1 heterocycles. The van der Waals surface area contributed by atoms with E-state index in [1.165, 1.54) is 12.7 Å². The van der Waals surface area contributed by atoms with Crippen LogP contribution < -0.4 is 0 Å². The summed E-state index contributed by atoms with van der Waals surface area (Å²) in [5.41, 5.74) is 1.32. The minimum absolute atomic E-state index is 0.00582. The standard InChI is InChI=1S/C13H17NO2/c1-16-13(15)12-8-10-14(12)9-7-11-5-3-2-4-6-11/h2-6,12H,7-10H2,1H3. The topological polar surface area (TPSA) is 29.5 Å². The van der Waals surface area contributed by atoms with Crippen molar-refractivity contribution in [2.24, 2.45) is 0 Å². The maximum absolute atomic E-state index is 11.4. The smallest absolute Gasteiger partial charge is 0.323 e. The minimum atomic E-state index is -0.0979. The Kier molecular flexibility index (Phi) is 3.57. The third kappa shape index (κ3) is 2.42. The molecule has 3 heteroatoms. The highest BCUT2D eigenvalue weighted by Gasteiger charge is 2.34. The summed E-state index contributed by atoms with van der Waals surface area (Å²) >= 11 is 0. The highest BCUT2D eigenvalue weighted by atomic mass is 16.5. The van der Waals surface area contributed by atoms with Gasteiger partial charge in [-0.3, -0.25) is 9.69 Å². The van der Waals surface area contributed by atoms with Gasteiger partial charge in [0.1, 0.15) is 6.04 Å². The van der Waals surface area contributed by atoms with Crippen LogP contribution in [0.1, 0.15) is 12.0 Å². The summed E-state index contributed by atoms with van der Waals surface area (Å²) in [5.74, 6) is -0.0979. The summed E-state index contributed by atoms with van der Waals surface area (Å²) in [6.07, 6.45) is 1.93. The molecule has 16 heavy (non-hydrogen) atoms. The summed E-state index contributed by atoms with van der Waals surface area (Å²) < 4.78 is 4.76. The summed E-state index contributed by atoms with van der Waals surface area (Å²) in [6, 6.07) is 10.3. The zero-order valence-corrected chi connectivity index (χ0v) is 9.56. The number of hydrogen-bond acceptors (Lipinski definition) is 3. The lowest BCUT2D eigenvalue weighted by molar-refractivity contribution is -0.151. The van der Waals surface area contributed by atoms with Crippen LogP contribution in [0.2, 0.25) is 0 Å². The number of hydrogen-bond donors (Lipinski definition) is 0. The van der Waals surface area contributed by atoms with Gasteiger partial charge >= 0.3 is 5.97 Å². The van der Waals surface area contributed by atoms with Crippen LogP contribution in [0.15, 0.2) is 30.3 Å². The van der Waals surface area contributed by atoms with E-state index in [0.29, 0.717) is 0 Å². The molecule has 0 amide bonds. The predicted octanol–water partition coefficient (Wildman–Crippen LogP) is 1.48. The molecular weight excluding hydrogens is 202 g/mol. The summed E-state index contributed by atoms with van der Waals surface area (Å²) in [6.45, 7) is 1.94. The largest absolute Gasteiger partial charge is 0.468 e. The van der Waals surface area contributed by atoms with Crippen molar-refractivity contribution in [3.8, 4) is 0 Å². The molecule has 0 saturated carbocycles. The Morgan fingerprint density at radius 2 is 2.19 bits per heavy atom. The third-order valence-electron chi connectivity index (χ3n) is 3.13. The van der Waals surface area contributed by atoms with E-state index in [0.717, 1.165) is 25.9 Å². The molecule has 86 valence electrons. The lowest BCUT2D eigenvalue weighted by atomic mass is 10.0. The van der Waals surface area contributed by atoms with E-state index < -0.39 is 0 Å². The SMILES string of the molecule is COC(=O)C1CCN1CCc1ccccc1. The number of esters is 1. The molecule has 0 spiro atoms. The quantitative estimate of drug-likeness (QED) is 0.718. The van der Waals surface area contributed by atoms with Gasteiger partial charge in [-0.15, -0.1) is 0 Å². The average Bonchev–Trinajstić information content (AvgIpc) is 2.29. The number of nitrogens with zero attached hydrogens (tertiary/aromatic N) is 1. The van der Waals surface area contributed by atoms with Gasteiger partial charge in [0.15, 0.2) is 0 Å². The molecule has 1 fully saturated rings. The third-order valence-corrected chi connectivity index (χ3v) is 3.13. The molecule has 0 radical (unpaired) electrons. The first-order chi connectivity index (χ1) is 7.81. The Bertz CT molecular complexity index is 350. The summed E-state index contributed by atoms with van der Waals surface area (Å²) in [4.78, 5) is 13.5. The van der Waals surface area contributed by atoms with Crippen molar-refractivity contribution < 1.29 is 9.53 Å². The van der Waals surface area contributed by atoms with E-state index in [4.69, 9.17) is 4.74 Å². The molecule has 1 aromatic rings. The van der Waals surface area contributed by atoms with Gasteiger partial charge in [0, 0.05) is 13.1 Å². The van der Waals surface area contributed by atoms with Crippen LogP contribution in [-0.2, 0) is 16.0 Å². The summed E-state index contributed by atoms with van der Waals surface area (Å²) in [7, 11) is 1.45. The number of benzene rings is 1. The molecule has 1 aliphatic rings. The van der Waals surface area contributed by atoms with Crippen molar-refractivity contribution in [3.05, 3.63) is 35.9 Å². The van der Waals surface area contributed by atoms with E-state index in [1.54, 1.807) is 0 Å². The van der Waals surface area contributed by atoms with E-state index in [9.17, 15) is 4.79 Å². The minimum Gasteiger partial charge on any atom is -0.468 e. The van der Waals surface area contributed by atoms with Gasteiger partial charge in [0.2, 0.25) is 0 Å². The molecule has 0 aromatic heterocycles. The Morgan fingerprint density at radius 1 is 1.44 bits per heavy atom. The van der Waals surface area contributed by atoms with E-state index in [-0.39, 0.29) is 12.0 Å². The number of carbonyl (C=O) groups is 1. The van der Waals surface area contributed by atoms with Crippen LogP contribution in [0.3, 0.4) is 0 Å². The fourth-order valence-corrected chi connectivity index (χ4v) is 2.03. The van der Waals surface area contributed by atoms with Crippen molar-refractivity contribution in [1.29, 1.82) is 0 Å². The summed E-state index contributed by atoms with van der Waals surface area (Å²) in [5, 5.41) is 0. The van der Waals surface area contributed by atoms with Gasteiger partial charge in [-0.1, -0.05) is 30.3 Å². The fourth-order valence-electron chi connectivity index (χ4n) is 2.03. The first-order valence-corrected chi connectivity index (χ1v) is 5.67. The van der Waals surface area contributed by atoms with Crippen molar-refractivity contribution in [2.75, 3.05) is 20.2 Å². The molecular formula is C13H17NO2. The van der Waals surface area contributed by atoms with E-state index in [1.807, 2.05) is 18.2 Å². The second-order valence-corrected chi connectivity index (χ2v) is 4.10. The van der Waals surface area contributed by atoms with Gasteiger partial charge in [0.05, 0.1) is 7.11 Å². The van der Waals surface area contributed by atoms with Crippen molar-refractivity contribution >= 4 is 5.97 Å². The van der Waals surface area contributed by atoms with Gasteiger partial charge in [-0.2, -0.15) is 0 Å². The number of carbonyl (C=O) groups excluding carboxylic acids is 1. The highest BCUT2D eigenvalue weighted by Crippen LogP contribution is 2.18. The Hall–Kier alpha value is -1.35. The van der Waals surface area contributed by atoms with E-state index >= 15 is 0 Å². The van der Waals surface area contributed by atoms with Gasteiger partial charge in [-0.05, 0) is 18.4 Å². The number of rotatable bonds is 4. The van der Waals surface area contributed by atoms with Crippen LogP contribution in [0.5, 0.6) is 0 Å². The first kappa shape index (κ1) is 11.1. The molecule has 0 aliphatic carbocycles. The second kappa shape index (κ2) is 5.12. The molecule has 1 saturated heterocycles. The lowest BCUT2D eigenvalue weighted by Crippen LogP contribution is -2.53. The Balaban J connectivity index is 1.81. The lowest BCUT2D eigenvalue weighted by Gasteiger charge is -2.38. The van der Waals surface area contributed by atoms with Crippen LogP contribution in [0, 0.1) is 0 Å². The molecule has 1 aromatic carbocycles. The van der Waals surface area contributed by atoms with Crippen LogP contribution in [-0.4, -0.2) is 37.1 Å². The molecule has 2 rings (SSSR count). The van der Waals surface area contributed by atoms with Crippen LogP contribution in [0.25, 0.3) is 0 Å². The molecule has 1 unspecified atom stereocenters. The van der Waals surface area contributed by atoms with Gasteiger partial charge in [0.25, 0.3) is 0 Å². The molecule has 1 aliphatic heterocycles. The zero-order valence-electron chi connectivity index (χ0n) is 9.56. The maximum Gasteiger partial charge on any atom is 0.323 e. The van der Waals surface area contributed by atoms with Gasteiger partial charge in [-0.25, -0.2) is 0 Å². The normalized spacial score (nSPS) is 20.2. The second-order valence-electron chi connectivity index (χ2n) is 4.10. The maximum atomic E-state index is 11.4. The monoisotopic (exact) mass is 219 g/mol. The molecule has 0 N–H and O–H groups in total. The Labute approximate surface area is 96.0 Å². The molecule has 3 nitrogen and oxygen atoms in total. The average molecular weight is 219 g/mol. The Morgan fingerprint density at radius 3 is 2.75 bits per heavy atom. The fraction of sp³-hybridized carbons (Fsp3) is 0.462. The van der Waals surface area contributed by atoms with Crippen molar-refractivity contribution in [2.45, 2.75) is 18.9 Å². The van der Waals surface area contributed by atoms with Crippen LogP contribution >= 0.6 is 0 Å². The van der Waals surface area contributed by atoms with E-state index in [2.05, 4.69) is 17.0 Å². The number of ether oxygens (including phenoxy) is 1. The van der Waals surface area contributed by atoms with Crippen molar-refractivity contribution in [1.82, 2.24) is 4.90 Å². The first-order valence-electron chi connectivity index (χ1n) is 5.67. The predicted molar refractivity (Wildman–Crippen MR) is 62.1 cm³/mol. The van der Waals surface area contributed by atoms with Crippen molar-refractivity contribution in [3.63, 3.8) is 0 Å². The molecule has 0 bridgehead atoms. The molecule has 1 atom stereocenters. The highest BCUT2D eigenvalue weighted by molar-refractivity contribution is 5.76. The zero-order chi connectivity index (χ0) is 11.4. The number of likely N-dealkylation sites (tertiary alicyclic amines) is 1. The van der Waals surface area contributed by atoms with Gasteiger partial charge < -0.3 is 4.74 Å².